The van der Waals surface area contributed by atoms with Crippen LogP contribution in [0.15, 0.2) is 0 Å². The summed E-state index contributed by atoms with van der Waals surface area (Å²) >= 11 is 0. The van der Waals surface area contributed by atoms with E-state index < -0.39 is 0 Å². The molecule has 0 aliphatic carbocycles. The summed E-state index contributed by atoms with van der Waals surface area (Å²) in [6.45, 7) is 8.76. The summed E-state index contributed by atoms with van der Waals surface area (Å²) in [5, 5.41) is 0. The smallest absolute Gasteiger partial charge is 0.305 e. The van der Waals surface area contributed by atoms with Gasteiger partial charge in [0, 0.05) is 13.0 Å². The molecule has 0 aliphatic rings. The molecule has 0 atom stereocenters. The second-order valence-electron chi connectivity index (χ2n) is 4.38. The molecule has 0 N–H and O–H groups in total. The predicted molar refractivity (Wildman–Crippen MR) is 79.4 cm³/mol. The topological polar surface area (TPSA) is 63.2 Å². The van der Waals surface area contributed by atoms with E-state index in [0.717, 1.165) is 19.4 Å². The van der Waals surface area contributed by atoms with Crippen molar-refractivity contribution in [1.29, 1.82) is 0 Å². The van der Waals surface area contributed by atoms with Crippen molar-refractivity contribution in [2.24, 2.45) is 0 Å². The van der Waals surface area contributed by atoms with E-state index >= 15 is 0 Å². The Hall–Kier alpha value is -0.690. The van der Waals surface area contributed by atoms with Gasteiger partial charge in [-0.1, -0.05) is 20.3 Å². The molecule has 0 amide bonds. The second kappa shape index (κ2) is 17.4. The highest BCUT2D eigenvalue weighted by Gasteiger charge is 1.97. The SMILES string of the molecule is CCCCOCCOCCOCCOCCOC(=O)CC. The van der Waals surface area contributed by atoms with Crippen molar-refractivity contribution < 1.29 is 28.5 Å². The Labute approximate surface area is 128 Å². The van der Waals surface area contributed by atoms with E-state index in [2.05, 4.69) is 6.92 Å². The van der Waals surface area contributed by atoms with Crippen molar-refractivity contribution >= 4 is 5.97 Å². The van der Waals surface area contributed by atoms with Crippen LogP contribution < -0.4 is 0 Å². The van der Waals surface area contributed by atoms with Crippen LogP contribution in [0.5, 0.6) is 0 Å². The summed E-state index contributed by atoms with van der Waals surface area (Å²) in [5.41, 5.74) is 0. The lowest BCUT2D eigenvalue weighted by Crippen LogP contribution is -2.14. The maximum absolute atomic E-state index is 10.8. The maximum atomic E-state index is 10.8. The van der Waals surface area contributed by atoms with E-state index in [1.807, 2.05) is 0 Å². The fourth-order valence-electron chi connectivity index (χ4n) is 1.32. The molecule has 0 aromatic carbocycles. The standard InChI is InChI=1S/C15H30O6/c1-3-5-6-17-7-8-18-9-10-19-11-12-20-13-14-21-15(16)4-2/h3-14H2,1-2H3. The first-order valence-electron chi connectivity index (χ1n) is 7.77. The van der Waals surface area contributed by atoms with E-state index in [4.69, 9.17) is 23.7 Å². The molecule has 0 aromatic heterocycles. The quantitative estimate of drug-likeness (QED) is 0.320. The van der Waals surface area contributed by atoms with Crippen molar-refractivity contribution in [3.05, 3.63) is 0 Å². The summed E-state index contributed by atoms with van der Waals surface area (Å²) in [5.74, 6) is -0.203. The van der Waals surface area contributed by atoms with Gasteiger partial charge in [0.05, 0.1) is 46.2 Å². The molecular formula is C15H30O6. The molecule has 126 valence electrons. The van der Waals surface area contributed by atoms with Crippen molar-refractivity contribution in [3.8, 4) is 0 Å². The first-order valence-corrected chi connectivity index (χ1v) is 7.77. The minimum atomic E-state index is -0.203. The third-order valence-electron chi connectivity index (χ3n) is 2.54. The van der Waals surface area contributed by atoms with Gasteiger partial charge in [0.25, 0.3) is 0 Å². The summed E-state index contributed by atoms with van der Waals surface area (Å²) in [6, 6.07) is 0. The van der Waals surface area contributed by atoms with Crippen LogP contribution in [0.25, 0.3) is 0 Å². The van der Waals surface area contributed by atoms with Gasteiger partial charge in [0.2, 0.25) is 0 Å². The third-order valence-corrected chi connectivity index (χ3v) is 2.54. The van der Waals surface area contributed by atoms with Crippen LogP contribution in [0.4, 0.5) is 0 Å². The normalized spacial score (nSPS) is 10.8. The maximum Gasteiger partial charge on any atom is 0.305 e. The van der Waals surface area contributed by atoms with Crippen molar-refractivity contribution in [1.82, 2.24) is 0 Å². The minimum absolute atomic E-state index is 0.203. The fraction of sp³-hybridized carbons (Fsp3) is 0.933. The highest BCUT2D eigenvalue weighted by atomic mass is 16.6. The molecule has 0 saturated heterocycles. The molecule has 6 heteroatoms. The number of carbonyl (C=O) groups is 1. The monoisotopic (exact) mass is 306 g/mol. The molecule has 0 bridgehead atoms. The average molecular weight is 306 g/mol. The van der Waals surface area contributed by atoms with Crippen LogP contribution in [0, 0.1) is 0 Å². The number of unbranched alkanes of at least 4 members (excludes halogenated alkanes) is 1. The van der Waals surface area contributed by atoms with Gasteiger partial charge in [-0.05, 0) is 6.42 Å². The lowest BCUT2D eigenvalue weighted by Gasteiger charge is -2.07. The van der Waals surface area contributed by atoms with E-state index in [-0.39, 0.29) is 5.97 Å². The van der Waals surface area contributed by atoms with Gasteiger partial charge in [-0.15, -0.1) is 0 Å². The third kappa shape index (κ3) is 17.3. The molecular weight excluding hydrogens is 276 g/mol. The number of esters is 1. The first kappa shape index (κ1) is 20.3. The van der Waals surface area contributed by atoms with Gasteiger partial charge < -0.3 is 23.7 Å². The molecule has 0 rings (SSSR count). The van der Waals surface area contributed by atoms with E-state index in [1.54, 1.807) is 6.92 Å². The van der Waals surface area contributed by atoms with Crippen LogP contribution in [0.2, 0.25) is 0 Å². The van der Waals surface area contributed by atoms with Crippen molar-refractivity contribution in [2.45, 2.75) is 33.1 Å². The summed E-state index contributed by atoms with van der Waals surface area (Å²) in [6.07, 6.45) is 2.64. The van der Waals surface area contributed by atoms with Crippen LogP contribution >= 0.6 is 0 Å². The number of hydrogen-bond acceptors (Lipinski definition) is 6. The Morgan fingerprint density at radius 1 is 0.667 bits per heavy atom. The number of hydrogen-bond donors (Lipinski definition) is 0. The zero-order chi connectivity index (χ0) is 15.6. The number of ether oxygens (including phenoxy) is 5. The molecule has 21 heavy (non-hydrogen) atoms. The average Bonchev–Trinajstić information content (AvgIpc) is 2.50. The van der Waals surface area contributed by atoms with Crippen LogP contribution in [0.3, 0.4) is 0 Å². The zero-order valence-electron chi connectivity index (χ0n) is 13.4. The molecule has 0 aliphatic heterocycles. The second-order valence-corrected chi connectivity index (χ2v) is 4.38. The Morgan fingerprint density at radius 2 is 1.10 bits per heavy atom. The van der Waals surface area contributed by atoms with E-state index in [9.17, 15) is 4.79 Å². The molecule has 0 aromatic rings. The highest BCUT2D eigenvalue weighted by molar-refractivity contribution is 5.68. The molecule has 0 heterocycles. The largest absolute Gasteiger partial charge is 0.463 e. The summed E-state index contributed by atoms with van der Waals surface area (Å²) < 4.78 is 26.1. The van der Waals surface area contributed by atoms with Crippen molar-refractivity contribution in [3.63, 3.8) is 0 Å². The first-order chi connectivity index (χ1) is 10.3. The molecule has 0 unspecified atom stereocenters. The Bertz CT molecular complexity index is 222. The van der Waals surface area contributed by atoms with Crippen LogP contribution in [-0.2, 0) is 28.5 Å². The summed E-state index contributed by atoms with van der Waals surface area (Å²) in [4.78, 5) is 10.8. The van der Waals surface area contributed by atoms with Crippen LogP contribution in [0.1, 0.15) is 33.1 Å². The molecule has 0 spiro atoms. The summed E-state index contributed by atoms with van der Waals surface area (Å²) in [7, 11) is 0. The Kier molecular flexibility index (Phi) is 16.8. The molecule has 0 fully saturated rings. The van der Waals surface area contributed by atoms with Gasteiger partial charge in [0.1, 0.15) is 6.61 Å². The Morgan fingerprint density at radius 3 is 1.52 bits per heavy atom. The number of rotatable bonds is 16. The van der Waals surface area contributed by atoms with Crippen molar-refractivity contribution in [2.75, 3.05) is 59.5 Å². The van der Waals surface area contributed by atoms with Gasteiger partial charge >= 0.3 is 5.97 Å². The lowest BCUT2D eigenvalue weighted by atomic mass is 10.4. The van der Waals surface area contributed by atoms with Crippen LogP contribution in [-0.4, -0.2) is 65.4 Å². The molecule has 6 nitrogen and oxygen atoms in total. The zero-order valence-corrected chi connectivity index (χ0v) is 13.4. The van der Waals surface area contributed by atoms with E-state index in [1.165, 1.54) is 0 Å². The minimum Gasteiger partial charge on any atom is -0.463 e. The highest BCUT2D eigenvalue weighted by Crippen LogP contribution is 1.88. The molecule has 0 radical (unpaired) electrons. The fourth-order valence-corrected chi connectivity index (χ4v) is 1.32. The van der Waals surface area contributed by atoms with E-state index in [0.29, 0.717) is 59.3 Å². The van der Waals surface area contributed by atoms with Gasteiger partial charge in [-0.2, -0.15) is 0 Å². The number of carbonyl (C=O) groups excluding carboxylic acids is 1. The Balaban J connectivity index is 2.98. The molecule has 0 saturated carbocycles. The predicted octanol–water partition coefficient (Wildman–Crippen LogP) is 1.81. The van der Waals surface area contributed by atoms with Gasteiger partial charge in [-0.25, -0.2) is 0 Å². The van der Waals surface area contributed by atoms with Gasteiger partial charge in [0.15, 0.2) is 0 Å². The van der Waals surface area contributed by atoms with Gasteiger partial charge in [-0.3, -0.25) is 4.79 Å². The lowest BCUT2D eigenvalue weighted by molar-refractivity contribution is -0.144.